The van der Waals surface area contributed by atoms with Crippen LogP contribution < -0.4 is 11.1 Å². The van der Waals surface area contributed by atoms with E-state index in [4.69, 9.17) is 5.73 Å². The van der Waals surface area contributed by atoms with E-state index in [1.165, 1.54) is 0 Å². The first kappa shape index (κ1) is 11.7. The number of hydrogen-bond donors (Lipinski definition) is 2. The Kier molecular flexibility index (Phi) is 3.10. The molecule has 2 heterocycles. The van der Waals surface area contributed by atoms with Crippen molar-refractivity contribution < 1.29 is 4.79 Å². The van der Waals surface area contributed by atoms with Crippen LogP contribution in [0.25, 0.3) is 0 Å². The number of amides is 2. The number of urea groups is 1. The summed E-state index contributed by atoms with van der Waals surface area (Å²) < 4.78 is 0. The Balaban J connectivity index is 1.96. The van der Waals surface area contributed by atoms with Gasteiger partial charge in [0.05, 0.1) is 0 Å². The number of carbonyl (C=O) groups is 1. The fraction of sp³-hybridized carbons (Fsp3) is 0.917. The average molecular weight is 225 g/mol. The summed E-state index contributed by atoms with van der Waals surface area (Å²) in [5.74, 6) is 0.470. The predicted octanol–water partition coefficient (Wildman–Crippen LogP) is 1.30. The van der Waals surface area contributed by atoms with Gasteiger partial charge in [0.2, 0.25) is 0 Å². The summed E-state index contributed by atoms with van der Waals surface area (Å²) in [7, 11) is 0. The van der Waals surface area contributed by atoms with E-state index in [9.17, 15) is 4.79 Å². The van der Waals surface area contributed by atoms with Crippen molar-refractivity contribution in [1.82, 2.24) is 10.2 Å². The van der Waals surface area contributed by atoms with Crippen LogP contribution in [0.5, 0.6) is 0 Å². The summed E-state index contributed by atoms with van der Waals surface area (Å²) in [6, 6.07) is 1.17. The number of nitrogens with one attached hydrogen (secondary N) is 1. The SMILES string of the molecule is CC(C)C(C)NC(=O)N1C2CCC1C(N)C2. The van der Waals surface area contributed by atoms with E-state index >= 15 is 0 Å². The molecular weight excluding hydrogens is 202 g/mol. The van der Waals surface area contributed by atoms with E-state index in [-0.39, 0.29) is 24.2 Å². The van der Waals surface area contributed by atoms with Crippen molar-refractivity contribution >= 4 is 6.03 Å². The van der Waals surface area contributed by atoms with Crippen molar-refractivity contribution in [3.63, 3.8) is 0 Å². The van der Waals surface area contributed by atoms with Crippen LogP contribution in [-0.2, 0) is 0 Å². The Bertz CT molecular complexity index is 279. The zero-order valence-corrected chi connectivity index (χ0v) is 10.4. The summed E-state index contributed by atoms with van der Waals surface area (Å²) in [5.41, 5.74) is 6.02. The smallest absolute Gasteiger partial charge is 0.318 e. The molecule has 0 aromatic rings. The van der Waals surface area contributed by atoms with E-state index in [2.05, 4.69) is 26.1 Å². The highest BCUT2D eigenvalue weighted by molar-refractivity contribution is 5.76. The lowest BCUT2D eigenvalue weighted by atomic mass is 9.97. The molecule has 0 spiro atoms. The lowest BCUT2D eigenvalue weighted by Crippen LogP contribution is -2.49. The molecule has 2 aliphatic heterocycles. The van der Waals surface area contributed by atoms with Crippen molar-refractivity contribution in [3.8, 4) is 0 Å². The Morgan fingerprint density at radius 2 is 2.06 bits per heavy atom. The number of rotatable bonds is 2. The molecule has 0 aromatic heterocycles. The van der Waals surface area contributed by atoms with Gasteiger partial charge in [0.15, 0.2) is 0 Å². The van der Waals surface area contributed by atoms with Crippen molar-refractivity contribution in [2.75, 3.05) is 0 Å². The minimum absolute atomic E-state index is 0.0849. The molecule has 2 amide bonds. The molecule has 0 radical (unpaired) electrons. The minimum Gasteiger partial charge on any atom is -0.335 e. The van der Waals surface area contributed by atoms with E-state index in [1.807, 2.05) is 4.90 Å². The van der Waals surface area contributed by atoms with E-state index < -0.39 is 0 Å². The Hall–Kier alpha value is -0.770. The van der Waals surface area contributed by atoms with E-state index in [0.29, 0.717) is 12.0 Å². The molecule has 3 N–H and O–H groups in total. The largest absolute Gasteiger partial charge is 0.335 e. The fourth-order valence-corrected chi connectivity index (χ4v) is 2.79. The molecule has 4 heteroatoms. The lowest BCUT2D eigenvalue weighted by molar-refractivity contribution is 0.184. The monoisotopic (exact) mass is 225 g/mol. The number of fused-ring (bicyclic) bond motifs is 2. The van der Waals surface area contributed by atoms with Crippen molar-refractivity contribution in [2.24, 2.45) is 11.7 Å². The molecule has 2 fully saturated rings. The zero-order chi connectivity index (χ0) is 11.9. The van der Waals surface area contributed by atoms with Crippen LogP contribution in [0.1, 0.15) is 40.0 Å². The predicted molar refractivity (Wildman–Crippen MR) is 64.1 cm³/mol. The van der Waals surface area contributed by atoms with Gasteiger partial charge in [-0.05, 0) is 32.1 Å². The highest BCUT2D eigenvalue weighted by Gasteiger charge is 2.47. The van der Waals surface area contributed by atoms with E-state index in [1.54, 1.807) is 0 Å². The van der Waals surface area contributed by atoms with Crippen molar-refractivity contribution in [3.05, 3.63) is 0 Å². The fourth-order valence-electron chi connectivity index (χ4n) is 2.79. The van der Waals surface area contributed by atoms with E-state index in [0.717, 1.165) is 19.3 Å². The van der Waals surface area contributed by atoms with Gasteiger partial charge in [-0.3, -0.25) is 0 Å². The molecule has 2 rings (SSSR count). The van der Waals surface area contributed by atoms with Gasteiger partial charge in [0.25, 0.3) is 0 Å². The molecule has 4 unspecified atom stereocenters. The molecule has 4 nitrogen and oxygen atoms in total. The minimum atomic E-state index is 0.0849. The van der Waals surface area contributed by atoms with Crippen LogP contribution in [0.2, 0.25) is 0 Å². The Morgan fingerprint density at radius 1 is 1.38 bits per heavy atom. The van der Waals surface area contributed by atoms with Crippen LogP contribution in [0.3, 0.4) is 0 Å². The molecule has 0 aromatic carbocycles. The molecule has 2 aliphatic rings. The van der Waals surface area contributed by atoms with Gasteiger partial charge < -0.3 is 16.0 Å². The molecule has 4 atom stereocenters. The van der Waals surface area contributed by atoms with Gasteiger partial charge in [-0.1, -0.05) is 13.8 Å². The second-order valence-electron chi connectivity index (χ2n) is 5.59. The zero-order valence-electron chi connectivity index (χ0n) is 10.4. The number of carbonyl (C=O) groups excluding carboxylic acids is 1. The first-order chi connectivity index (χ1) is 7.50. The number of nitrogens with zero attached hydrogens (tertiary/aromatic N) is 1. The molecule has 0 saturated carbocycles. The van der Waals surface area contributed by atoms with Crippen LogP contribution in [0, 0.1) is 5.92 Å². The van der Waals surface area contributed by atoms with Crippen LogP contribution in [0.4, 0.5) is 4.79 Å². The highest BCUT2D eigenvalue weighted by atomic mass is 16.2. The Morgan fingerprint density at radius 3 is 2.50 bits per heavy atom. The summed E-state index contributed by atoms with van der Waals surface area (Å²) in [6.45, 7) is 6.30. The summed E-state index contributed by atoms with van der Waals surface area (Å²) in [4.78, 5) is 14.1. The van der Waals surface area contributed by atoms with Crippen molar-refractivity contribution in [2.45, 2.75) is 64.2 Å². The van der Waals surface area contributed by atoms with Crippen molar-refractivity contribution in [1.29, 1.82) is 0 Å². The summed E-state index contributed by atoms with van der Waals surface area (Å²) in [6.07, 6.45) is 3.19. The second kappa shape index (κ2) is 4.24. The number of nitrogens with two attached hydrogens (primary N) is 1. The maximum atomic E-state index is 12.1. The molecular formula is C12H23N3O. The topological polar surface area (TPSA) is 58.4 Å². The first-order valence-corrected chi connectivity index (χ1v) is 6.35. The third kappa shape index (κ3) is 1.90. The lowest BCUT2D eigenvalue weighted by Gasteiger charge is -2.27. The van der Waals surface area contributed by atoms with Gasteiger partial charge in [0.1, 0.15) is 0 Å². The Labute approximate surface area is 97.6 Å². The van der Waals surface area contributed by atoms with Gasteiger partial charge >= 0.3 is 6.03 Å². The summed E-state index contributed by atoms with van der Waals surface area (Å²) in [5, 5.41) is 3.07. The average Bonchev–Trinajstić information content (AvgIpc) is 2.73. The normalized spacial score (nSPS) is 34.6. The number of hydrogen-bond acceptors (Lipinski definition) is 2. The van der Waals surface area contributed by atoms with Gasteiger partial charge in [-0.25, -0.2) is 4.79 Å². The van der Waals surface area contributed by atoms with Crippen LogP contribution in [-0.4, -0.2) is 35.1 Å². The van der Waals surface area contributed by atoms with Crippen LogP contribution in [0.15, 0.2) is 0 Å². The molecule has 92 valence electrons. The molecule has 0 aliphatic carbocycles. The second-order valence-corrected chi connectivity index (χ2v) is 5.59. The molecule has 2 saturated heterocycles. The van der Waals surface area contributed by atoms with Crippen LogP contribution >= 0.6 is 0 Å². The quantitative estimate of drug-likeness (QED) is 0.744. The van der Waals surface area contributed by atoms with Gasteiger partial charge in [0, 0.05) is 24.2 Å². The summed E-state index contributed by atoms with van der Waals surface area (Å²) >= 11 is 0. The maximum absolute atomic E-state index is 12.1. The molecule has 2 bridgehead atoms. The van der Waals surface area contributed by atoms with Gasteiger partial charge in [-0.15, -0.1) is 0 Å². The van der Waals surface area contributed by atoms with Gasteiger partial charge in [-0.2, -0.15) is 0 Å². The molecule has 16 heavy (non-hydrogen) atoms. The maximum Gasteiger partial charge on any atom is 0.318 e. The highest BCUT2D eigenvalue weighted by Crippen LogP contribution is 2.36. The third-order valence-electron chi connectivity index (χ3n) is 4.17. The third-order valence-corrected chi connectivity index (χ3v) is 4.17. The first-order valence-electron chi connectivity index (χ1n) is 6.35. The standard InChI is InChI=1S/C12H23N3O/c1-7(2)8(3)14-12(16)15-9-4-5-11(15)10(13)6-9/h7-11H,4-6,13H2,1-3H3,(H,14,16).